The standard InChI is InChI=1S/C14H17F3N2O2/c15-14(16,17)12-8-13(20-5-2-6-21-13)7-11(19-12)10-3-1-4-18-9-10/h1,3-4,9,11-12,19H,2,5-8H2/t11-,12+/m0/s1. The lowest BCUT2D eigenvalue weighted by atomic mass is 9.88. The van der Waals surface area contributed by atoms with Gasteiger partial charge in [-0.05, 0) is 18.1 Å². The molecule has 1 aromatic rings. The van der Waals surface area contributed by atoms with E-state index in [1.54, 1.807) is 24.5 Å². The van der Waals surface area contributed by atoms with Gasteiger partial charge in [0.15, 0.2) is 5.79 Å². The fourth-order valence-electron chi connectivity index (χ4n) is 2.93. The summed E-state index contributed by atoms with van der Waals surface area (Å²) in [5.74, 6) is -1.15. The molecule has 1 aromatic heterocycles. The van der Waals surface area contributed by atoms with Gasteiger partial charge in [0.2, 0.25) is 0 Å². The molecule has 3 rings (SSSR count). The molecule has 2 fully saturated rings. The number of halogens is 3. The van der Waals surface area contributed by atoms with Crippen LogP contribution in [-0.2, 0) is 9.47 Å². The Morgan fingerprint density at radius 2 is 2.00 bits per heavy atom. The Bertz CT molecular complexity index is 475. The summed E-state index contributed by atoms with van der Waals surface area (Å²) in [4.78, 5) is 3.98. The van der Waals surface area contributed by atoms with Crippen molar-refractivity contribution >= 4 is 0 Å². The largest absolute Gasteiger partial charge is 0.404 e. The van der Waals surface area contributed by atoms with Gasteiger partial charge >= 0.3 is 6.18 Å². The molecule has 0 radical (unpaired) electrons. The van der Waals surface area contributed by atoms with Crippen molar-refractivity contribution in [1.29, 1.82) is 0 Å². The van der Waals surface area contributed by atoms with Crippen molar-refractivity contribution in [1.82, 2.24) is 10.3 Å². The van der Waals surface area contributed by atoms with E-state index in [0.717, 1.165) is 0 Å². The van der Waals surface area contributed by atoms with E-state index in [4.69, 9.17) is 9.47 Å². The Labute approximate surface area is 120 Å². The number of hydrogen-bond donors (Lipinski definition) is 1. The number of hydrogen-bond acceptors (Lipinski definition) is 4. The first kappa shape index (κ1) is 14.7. The molecule has 7 heteroatoms. The second-order valence-electron chi connectivity index (χ2n) is 5.47. The SMILES string of the molecule is FC(F)(F)[C@H]1CC2(C[C@@H](c3cccnc3)N1)OCCCO2. The number of pyridine rings is 1. The first-order chi connectivity index (χ1) is 9.99. The average Bonchev–Trinajstić information content (AvgIpc) is 2.47. The van der Waals surface area contributed by atoms with E-state index in [-0.39, 0.29) is 6.42 Å². The molecule has 2 atom stereocenters. The predicted octanol–water partition coefficient (Wildman–Crippen LogP) is 2.57. The maximum Gasteiger partial charge on any atom is 0.404 e. The van der Waals surface area contributed by atoms with Gasteiger partial charge in [0, 0.05) is 31.3 Å². The summed E-state index contributed by atoms with van der Waals surface area (Å²) >= 11 is 0. The first-order valence-electron chi connectivity index (χ1n) is 6.99. The van der Waals surface area contributed by atoms with Crippen LogP contribution in [0.25, 0.3) is 0 Å². The van der Waals surface area contributed by atoms with Crippen molar-refractivity contribution < 1.29 is 22.6 Å². The number of aromatic nitrogens is 1. The van der Waals surface area contributed by atoms with Crippen LogP contribution in [-0.4, -0.2) is 36.2 Å². The number of nitrogens with one attached hydrogen (secondary N) is 1. The number of alkyl halides is 3. The van der Waals surface area contributed by atoms with Crippen LogP contribution in [0.4, 0.5) is 13.2 Å². The highest BCUT2D eigenvalue weighted by Crippen LogP contribution is 2.42. The smallest absolute Gasteiger partial charge is 0.350 e. The zero-order chi connectivity index (χ0) is 14.9. The molecule has 0 unspecified atom stereocenters. The van der Waals surface area contributed by atoms with Gasteiger partial charge in [-0.15, -0.1) is 0 Å². The van der Waals surface area contributed by atoms with Crippen molar-refractivity contribution in [2.24, 2.45) is 0 Å². The molecule has 0 aromatic carbocycles. The Morgan fingerprint density at radius 1 is 1.24 bits per heavy atom. The van der Waals surface area contributed by atoms with Gasteiger partial charge < -0.3 is 9.47 Å². The second kappa shape index (κ2) is 5.55. The van der Waals surface area contributed by atoms with E-state index >= 15 is 0 Å². The normalized spacial score (nSPS) is 29.5. The molecular formula is C14H17F3N2O2. The molecule has 21 heavy (non-hydrogen) atoms. The highest BCUT2D eigenvalue weighted by molar-refractivity contribution is 5.16. The molecule has 4 nitrogen and oxygen atoms in total. The van der Waals surface area contributed by atoms with E-state index in [1.165, 1.54) is 0 Å². The van der Waals surface area contributed by atoms with E-state index in [2.05, 4.69) is 10.3 Å². The number of ether oxygens (including phenoxy) is 2. The molecule has 3 heterocycles. The maximum absolute atomic E-state index is 13.2. The van der Waals surface area contributed by atoms with E-state index < -0.39 is 24.0 Å². The molecular weight excluding hydrogens is 285 g/mol. The van der Waals surface area contributed by atoms with Crippen molar-refractivity contribution in [2.45, 2.75) is 43.3 Å². The predicted molar refractivity (Wildman–Crippen MR) is 68.4 cm³/mol. The van der Waals surface area contributed by atoms with Crippen LogP contribution < -0.4 is 5.32 Å². The Kier molecular flexibility index (Phi) is 3.90. The summed E-state index contributed by atoms with van der Waals surface area (Å²) in [5.41, 5.74) is 0.712. The fourth-order valence-corrected chi connectivity index (χ4v) is 2.93. The molecule has 0 amide bonds. The fraction of sp³-hybridized carbons (Fsp3) is 0.643. The quantitative estimate of drug-likeness (QED) is 0.866. The summed E-state index contributed by atoms with van der Waals surface area (Å²) in [6.45, 7) is 0.870. The molecule has 2 aliphatic rings. The second-order valence-corrected chi connectivity index (χ2v) is 5.47. The highest BCUT2D eigenvalue weighted by atomic mass is 19.4. The molecule has 0 bridgehead atoms. The summed E-state index contributed by atoms with van der Waals surface area (Å²) in [6.07, 6.45) is -0.316. The Morgan fingerprint density at radius 3 is 2.62 bits per heavy atom. The monoisotopic (exact) mass is 302 g/mol. The van der Waals surface area contributed by atoms with E-state index in [1.807, 2.05) is 0 Å². The minimum absolute atomic E-state index is 0.215. The summed E-state index contributed by atoms with van der Waals surface area (Å²) in [5, 5.41) is 2.66. The van der Waals surface area contributed by atoms with Crippen LogP contribution in [0.5, 0.6) is 0 Å². The van der Waals surface area contributed by atoms with Gasteiger partial charge in [-0.2, -0.15) is 13.2 Å². The molecule has 1 N–H and O–H groups in total. The highest BCUT2D eigenvalue weighted by Gasteiger charge is 2.52. The third-order valence-corrected chi connectivity index (χ3v) is 3.93. The zero-order valence-electron chi connectivity index (χ0n) is 11.4. The Balaban J connectivity index is 1.87. The minimum atomic E-state index is -4.34. The maximum atomic E-state index is 13.2. The number of nitrogens with zero attached hydrogens (tertiary/aromatic N) is 1. The first-order valence-corrected chi connectivity index (χ1v) is 6.99. The molecule has 0 saturated carbocycles. The minimum Gasteiger partial charge on any atom is -0.350 e. The van der Waals surface area contributed by atoms with E-state index in [0.29, 0.717) is 31.6 Å². The average molecular weight is 302 g/mol. The zero-order valence-corrected chi connectivity index (χ0v) is 11.4. The molecule has 116 valence electrons. The van der Waals surface area contributed by atoms with Gasteiger partial charge in [0.05, 0.1) is 13.2 Å². The number of rotatable bonds is 1. The summed E-state index contributed by atoms with van der Waals surface area (Å²) in [6, 6.07) is 1.34. The summed E-state index contributed by atoms with van der Waals surface area (Å²) in [7, 11) is 0. The van der Waals surface area contributed by atoms with Gasteiger partial charge in [0.1, 0.15) is 6.04 Å². The lowest BCUT2D eigenvalue weighted by Crippen LogP contribution is -2.58. The van der Waals surface area contributed by atoms with Gasteiger partial charge in [-0.1, -0.05) is 6.07 Å². The van der Waals surface area contributed by atoms with Crippen molar-refractivity contribution in [2.75, 3.05) is 13.2 Å². The topological polar surface area (TPSA) is 43.4 Å². The van der Waals surface area contributed by atoms with Crippen molar-refractivity contribution in [3.05, 3.63) is 30.1 Å². The van der Waals surface area contributed by atoms with Gasteiger partial charge in [0.25, 0.3) is 0 Å². The van der Waals surface area contributed by atoms with Gasteiger partial charge in [-0.25, -0.2) is 0 Å². The van der Waals surface area contributed by atoms with Crippen LogP contribution in [0.15, 0.2) is 24.5 Å². The van der Waals surface area contributed by atoms with Crippen LogP contribution in [0, 0.1) is 0 Å². The van der Waals surface area contributed by atoms with Crippen LogP contribution in [0.1, 0.15) is 30.9 Å². The Hall–Kier alpha value is -1.18. The molecule has 0 aliphatic carbocycles. The van der Waals surface area contributed by atoms with E-state index in [9.17, 15) is 13.2 Å². The van der Waals surface area contributed by atoms with Crippen molar-refractivity contribution in [3.8, 4) is 0 Å². The lowest BCUT2D eigenvalue weighted by molar-refractivity contribution is -0.302. The van der Waals surface area contributed by atoms with Crippen LogP contribution in [0.2, 0.25) is 0 Å². The third-order valence-electron chi connectivity index (χ3n) is 3.93. The molecule has 2 saturated heterocycles. The van der Waals surface area contributed by atoms with Crippen LogP contribution in [0.3, 0.4) is 0 Å². The van der Waals surface area contributed by atoms with Crippen molar-refractivity contribution in [3.63, 3.8) is 0 Å². The lowest BCUT2D eigenvalue weighted by Gasteiger charge is -2.46. The third kappa shape index (κ3) is 3.20. The van der Waals surface area contributed by atoms with Crippen LogP contribution >= 0.6 is 0 Å². The number of piperidine rings is 1. The molecule has 2 aliphatic heterocycles. The van der Waals surface area contributed by atoms with Gasteiger partial charge in [-0.3, -0.25) is 10.3 Å². The summed E-state index contributed by atoms with van der Waals surface area (Å²) < 4.78 is 50.7. The molecule has 1 spiro atoms.